The molecule has 2 amide bonds. The molecule has 104 valence electrons. The Morgan fingerprint density at radius 2 is 2.11 bits per heavy atom. The Morgan fingerprint density at radius 3 is 2.67 bits per heavy atom. The van der Waals surface area contributed by atoms with Crippen molar-refractivity contribution in [2.45, 2.75) is 26.9 Å². The number of amides is 2. The van der Waals surface area contributed by atoms with Crippen molar-refractivity contribution in [3.63, 3.8) is 0 Å². The maximum atomic E-state index is 11.9. The molecule has 18 heavy (non-hydrogen) atoms. The highest BCUT2D eigenvalue weighted by molar-refractivity contribution is 5.87. The van der Waals surface area contributed by atoms with Crippen LogP contribution in [0.3, 0.4) is 0 Å². The maximum Gasteiger partial charge on any atom is 0.242 e. The van der Waals surface area contributed by atoms with Gasteiger partial charge in [0.1, 0.15) is 0 Å². The molecule has 0 radical (unpaired) electrons. The second-order valence-corrected chi connectivity index (χ2v) is 5.45. The number of morpholine rings is 1. The summed E-state index contributed by atoms with van der Waals surface area (Å²) >= 11 is 0. The third-order valence-corrected chi connectivity index (χ3v) is 2.78. The second kappa shape index (κ2) is 6.15. The van der Waals surface area contributed by atoms with E-state index in [1.54, 1.807) is 25.7 Å². The smallest absolute Gasteiger partial charge is 0.242 e. The van der Waals surface area contributed by atoms with E-state index in [4.69, 9.17) is 9.84 Å². The van der Waals surface area contributed by atoms with Crippen molar-refractivity contribution in [3.8, 4) is 0 Å². The number of rotatable bonds is 3. The van der Waals surface area contributed by atoms with E-state index < -0.39 is 5.41 Å². The summed E-state index contributed by atoms with van der Waals surface area (Å²) in [5.74, 6) is -0.294. The lowest BCUT2D eigenvalue weighted by atomic mass is 9.96. The number of nitrogens with one attached hydrogen (secondary N) is 1. The minimum atomic E-state index is -0.501. The zero-order chi connectivity index (χ0) is 13.8. The van der Waals surface area contributed by atoms with Gasteiger partial charge in [-0.3, -0.25) is 9.59 Å². The van der Waals surface area contributed by atoms with Crippen LogP contribution in [-0.2, 0) is 14.3 Å². The molecule has 1 heterocycles. The molecule has 1 unspecified atom stereocenters. The highest BCUT2D eigenvalue weighted by Crippen LogP contribution is 2.12. The number of carbonyl (C=O) groups excluding carboxylic acids is 2. The van der Waals surface area contributed by atoms with E-state index in [1.807, 2.05) is 0 Å². The van der Waals surface area contributed by atoms with Crippen molar-refractivity contribution >= 4 is 11.8 Å². The monoisotopic (exact) mass is 258 g/mol. The van der Waals surface area contributed by atoms with Gasteiger partial charge < -0.3 is 20.1 Å². The molecule has 1 aliphatic heterocycles. The fourth-order valence-electron chi connectivity index (χ4n) is 1.59. The fraction of sp³-hybridized carbons (Fsp3) is 0.833. The highest BCUT2D eigenvalue weighted by Gasteiger charge is 2.25. The molecule has 1 saturated heterocycles. The Hall–Kier alpha value is -1.14. The van der Waals surface area contributed by atoms with E-state index in [0.717, 1.165) is 0 Å². The highest BCUT2D eigenvalue weighted by atomic mass is 16.5. The minimum Gasteiger partial charge on any atom is -0.394 e. The number of ether oxygens (including phenoxy) is 1. The van der Waals surface area contributed by atoms with Crippen molar-refractivity contribution in [3.05, 3.63) is 0 Å². The number of aliphatic hydroxyl groups is 1. The Morgan fingerprint density at radius 1 is 1.44 bits per heavy atom. The van der Waals surface area contributed by atoms with Crippen LogP contribution in [0.1, 0.15) is 20.8 Å². The van der Waals surface area contributed by atoms with Gasteiger partial charge in [0.25, 0.3) is 0 Å². The lowest BCUT2D eigenvalue weighted by Crippen LogP contribution is -2.50. The average molecular weight is 258 g/mol. The first kappa shape index (κ1) is 14.9. The lowest BCUT2D eigenvalue weighted by molar-refractivity contribution is -0.141. The Balaban J connectivity index is 2.39. The van der Waals surface area contributed by atoms with Crippen LogP contribution in [0, 0.1) is 5.41 Å². The van der Waals surface area contributed by atoms with Crippen LogP contribution in [0.25, 0.3) is 0 Å². The van der Waals surface area contributed by atoms with E-state index in [0.29, 0.717) is 19.7 Å². The molecular weight excluding hydrogens is 236 g/mol. The van der Waals surface area contributed by atoms with Crippen LogP contribution >= 0.6 is 0 Å². The maximum absolute atomic E-state index is 11.9. The van der Waals surface area contributed by atoms with Crippen LogP contribution in [0.15, 0.2) is 0 Å². The number of aliphatic hydroxyl groups excluding tert-OH is 1. The molecule has 0 aromatic rings. The zero-order valence-electron chi connectivity index (χ0n) is 11.2. The molecule has 1 rings (SSSR count). The van der Waals surface area contributed by atoms with Gasteiger partial charge in [-0.15, -0.1) is 0 Å². The molecule has 1 atom stereocenters. The predicted molar refractivity (Wildman–Crippen MR) is 65.9 cm³/mol. The molecule has 0 bridgehead atoms. The Labute approximate surface area is 107 Å². The van der Waals surface area contributed by atoms with Crippen LogP contribution in [0.5, 0.6) is 0 Å². The summed E-state index contributed by atoms with van der Waals surface area (Å²) in [6.07, 6.45) is -0.319. The quantitative estimate of drug-likeness (QED) is 0.706. The molecular formula is C12H22N2O4. The van der Waals surface area contributed by atoms with Crippen molar-refractivity contribution < 1.29 is 19.4 Å². The minimum absolute atomic E-state index is 0.00570. The number of hydrogen-bond acceptors (Lipinski definition) is 4. The van der Waals surface area contributed by atoms with E-state index >= 15 is 0 Å². The summed E-state index contributed by atoms with van der Waals surface area (Å²) in [7, 11) is 0. The average Bonchev–Trinajstić information content (AvgIpc) is 2.34. The molecule has 0 aliphatic carbocycles. The van der Waals surface area contributed by atoms with Crippen molar-refractivity contribution in [2.24, 2.45) is 5.41 Å². The molecule has 0 aromatic heterocycles. The van der Waals surface area contributed by atoms with Crippen molar-refractivity contribution in [1.29, 1.82) is 0 Å². The van der Waals surface area contributed by atoms with E-state index in [9.17, 15) is 9.59 Å². The largest absolute Gasteiger partial charge is 0.394 e. The van der Waals surface area contributed by atoms with Crippen LogP contribution < -0.4 is 5.32 Å². The number of hydrogen-bond donors (Lipinski definition) is 2. The fourth-order valence-corrected chi connectivity index (χ4v) is 1.59. The first-order valence-electron chi connectivity index (χ1n) is 6.13. The van der Waals surface area contributed by atoms with E-state index in [-0.39, 0.29) is 31.1 Å². The topological polar surface area (TPSA) is 78.9 Å². The molecule has 0 saturated carbocycles. The van der Waals surface area contributed by atoms with Gasteiger partial charge in [0, 0.05) is 18.5 Å². The molecule has 1 fully saturated rings. The SMILES string of the molecule is CC(C)(C)C(=O)NCC(=O)N1CCOC(CO)C1. The molecule has 6 heteroatoms. The van der Waals surface area contributed by atoms with Crippen LogP contribution in [0.4, 0.5) is 0 Å². The summed E-state index contributed by atoms with van der Waals surface area (Å²) in [6, 6.07) is 0. The third kappa shape index (κ3) is 4.27. The first-order valence-corrected chi connectivity index (χ1v) is 6.13. The second-order valence-electron chi connectivity index (χ2n) is 5.45. The standard InChI is InChI=1S/C12H22N2O4/c1-12(2,3)11(17)13-6-10(16)14-4-5-18-9(7-14)8-15/h9,15H,4-8H2,1-3H3,(H,13,17). The van der Waals surface area contributed by atoms with Gasteiger partial charge in [-0.25, -0.2) is 0 Å². The first-order chi connectivity index (χ1) is 8.34. The summed E-state index contributed by atoms with van der Waals surface area (Å²) < 4.78 is 5.26. The normalized spacial score (nSPS) is 20.7. The number of carbonyl (C=O) groups is 2. The summed E-state index contributed by atoms with van der Waals surface area (Å²) in [5.41, 5.74) is -0.501. The van der Waals surface area contributed by atoms with Crippen molar-refractivity contribution in [2.75, 3.05) is 32.8 Å². The van der Waals surface area contributed by atoms with Gasteiger partial charge >= 0.3 is 0 Å². The van der Waals surface area contributed by atoms with Gasteiger partial charge in [0.2, 0.25) is 11.8 Å². The van der Waals surface area contributed by atoms with Crippen LogP contribution in [0.2, 0.25) is 0 Å². The predicted octanol–water partition coefficient (Wildman–Crippen LogP) is -0.632. The Bertz CT molecular complexity index is 312. The van der Waals surface area contributed by atoms with Crippen LogP contribution in [-0.4, -0.2) is 60.8 Å². The van der Waals surface area contributed by atoms with Gasteiger partial charge in [-0.2, -0.15) is 0 Å². The van der Waals surface area contributed by atoms with Gasteiger partial charge in [-0.05, 0) is 0 Å². The number of nitrogens with zero attached hydrogens (tertiary/aromatic N) is 1. The molecule has 0 spiro atoms. The summed E-state index contributed by atoms with van der Waals surface area (Å²) in [5, 5.41) is 11.6. The van der Waals surface area contributed by atoms with E-state index in [1.165, 1.54) is 0 Å². The van der Waals surface area contributed by atoms with Gasteiger partial charge in [-0.1, -0.05) is 20.8 Å². The lowest BCUT2D eigenvalue weighted by Gasteiger charge is -2.32. The molecule has 0 aromatic carbocycles. The zero-order valence-corrected chi connectivity index (χ0v) is 11.2. The summed E-state index contributed by atoms with van der Waals surface area (Å²) in [4.78, 5) is 25.1. The van der Waals surface area contributed by atoms with Gasteiger partial charge in [0.15, 0.2) is 0 Å². The molecule has 2 N–H and O–H groups in total. The van der Waals surface area contributed by atoms with Crippen molar-refractivity contribution in [1.82, 2.24) is 10.2 Å². The van der Waals surface area contributed by atoms with Gasteiger partial charge in [0.05, 0.1) is 25.9 Å². The molecule has 6 nitrogen and oxygen atoms in total. The van der Waals surface area contributed by atoms with E-state index in [2.05, 4.69) is 5.32 Å². The summed E-state index contributed by atoms with van der Waals surface area (Å²) in [6.45, 7) is 6.58. The molecule has 1 aliphatic rings. The Kier molecular flexibility index (Phi) is 5.10. The third-order valence-electron chi connectivity index (χ3n) is 2.78.